The van der Waals surface area contributed by atoms with Crippen molar-refractivity contribution in [3.63, 3.8) is 0 Å². The minimum Gasteiger partial charge on any atom is -0.334 e. The molecule has 33 heavy (non-hydrogen) atoms. The Labute approximate surface area is 196 Å². The second-order valence-electron chi connectivity index (χ2n) is 7.54. The van der Waals surface area contributed by atoms with Gasteiger partial charge in [0.2, 0.25) is 5.91 Å². The van der Waals surface area contributed by atoms with E-state index in [0.29, 0.717) is 35.3 Å². The Morgan fingerprint density at radius 1 is 0.970 bits per heavy atom. The number of nitrogens with two attached hydrogens (primary N) is 1. The maximum atomic E-state index is 13.6. The van der Waals surface area contributed by atoms with Gasteiger partial charge in [0.1, 0.15) is 11.6 Å². The van der Waals surface area contributed by atoms with E-state index < -0.39 is 17.5 Å². The first-order valence-electron chi connectivity index (χ1n) is 10.4. The van der Waals surface area contributed by atoms with Crippen molar-refractivity contribution in [2.75, 3.05) is 18.4 Å². The molecule has 0 fully saturated rings. The quantitative estimate of drug-likeness (QED) is 0.471. The number of carbonyl (C=O) groups is 2. The second-order valence-corrected chi connectivity index (χ2v) is 7.95. The lowest BCUT2D eigenvalue weighted by Gasteiger charge is -2.24. The van der Waals surface area contributed by atoms with Gasteiger partial charge in [0, 0.05) is 35.4 Å². The molecule has 5 nitrogen and oxygen atoms in total. The largest absolute Gasteiger partial charge is 0.334 e. The molecular weight excluding hydrogens is 448 g/mol. The Bertz CT molecular complexity index is 1110. The summed E-state index contributed by atoms with van der Waals surface area (Å²) in [6, 6.07) is 17.0. The van der Waals surface area contributed by atoms with Crippen LogP contribution < -0.4 is 11.1 Å². The van der Waals surface area contributed by atoms with E-state index in [-0.39, 0.29) is 31.0 Å². The van der Waals surface area contributed by atoms with E-state index in [9.17, 15) is 18.4 Å². The summed E-state index contributed by atoms with van der Waals surface area (Å²) < 4.78 is 27.3. The third-order valence-electron chi connectivity index (χ3n) is 4.93. The number of carbonyl (C=O) groups excluding carboxylic acids is 2. The van der Waals surface area contributed by atoms with Crippen LogP contribution in [-0.4, -0.2) is 29.8 Å². The number of anilines is 1. The molecule has 3 aromatic rings. The van der Waals surface area contributed by atoms with Gasteiger partial charge in [-0.3, -0.25) is 9.59 Å². The number of nitrogens with one attached hydrogen (secondary N) is 1. The van der Waals surface area contributed by atoms with Crippen LogP contribution in [0.25, 0.3) is 0 Å². The molecule has 8 heteroatoms. The summed E-state index contributed by atoms with van der Waals surface area (Å²) in [5.41, 5.74) is 7.48. The van der Waals surface area contributed by atoms with Crippen LogP contribution in [0.15, 0.2) is 66.7 Å². The van der Waals surface area contributed by atoms with Crippen molar-refractivity contribution in [2.45, 2.75) is 19.4 Å². The van der Waals surface area contributed by atoms with E-state index >= 15 is 0 Å². The molecule has 0 aromatic heterocycles. The maximum Gasteiger partial charge on any atom is 0.254 e. The van der Waals surface area contributed by atoms with Crippen LogP contribution in [0.3, 0.4) is 0 Å². The van der Waals surface area contributed by atoms with Gasteiger partial charge < -0.3 is 16.0 Å². The second kappa shape index (κ2) is 11.5. The van der Waals surface area contributed by atoms with Gasteiger partial charge in [-0.1, -0.05) is 41.9 Å². The number of hydrogen-bond donors (Lipinski definition) is 2. The zero-order valence-electron chi connectivity index (χ0n) is 17.9. The molecule has 0 radical (unpaired) electrons. The molecule has 0 aliphatic carbocycles. The standard InChI is InChI=1S/C25H24ClF2N3O2/c26-23-8-7-22(30-24(32)11-17-5-2-1-3-6-17)14-19(23)16-31(10-4-9-29)25(33)18-12-20(27)15-21(28)13-18/h1-3,5-8,12-15H,4,9-11,16,29H2,(H,30,32). The Balaban J connectivity index is 1.77. The molecule has 0 aliphatic rings. The molecule has 0 bridgehead atoms. The van der Waals surface area contributed by atoms with Gasteiger partial charge in [0.05, 0.1) is 6.42 Å². The fourth-order valence-corrected chi connectivity index (χ4v) is 3.54. The highest BCUT2D eigenvalue weighted by atomic mass is 35.5. The summed E-state index contributed by atoms with van der Waals surface area (Å²) >= 11 is 6.35. The first-order valence-corrected chi connectivity index (χ1v) is 10.8. The third-order valence-corrected chi connectivity index (χ3v) is 5.30. The minimum atomic E-state index is -0.835. The molecule has 172 valence electrons. The Morgan fingerprint density at radius 3 is 2.33 bits per heavy atom. The zero-order valence-corrected chi connectivity index (χ0v) is 18.6. The van der Waals surface area contributed by atoms with Crippen molar-refractivity contribution in [3.05, 3.63) is 100 Å². The van der Waals surface area contributed by atoms with E-state index in [1.54, 1.807) is 18.2 Å². The summed E-state index contributed by atoms with van der Waals surface area (Å²) in [6.07, 6.45) is 0.708. The lowest BCUT2D eigenvalue weighted by molar-refractivity contribution is -0.115. The number of nitrogens with zero attached hydrogens (tertiary/aromatic N) is 1. The van der Waals surface area contributed by atoms with Crippen LogP contribution in [0.1, 0.15) is 27.9 Å². The lowest BCUT2D eigenvalue weighted by Crippen LogP contribution is -2.33. The molecule has 3 N–H and O–H groups in total. The number of benzene rings is 3. The molecule has 0 saturated carbocycles. The topological polar surface area (TPSA) is 75.4 Å². The number of rotatable bonds is 9. The van der Waals surface area contributed by atoms with E-state index in [0.717, 1.165) is 17.7 Å². The molecule has 2 amide bonds. The Kier molecular flexibility index (Phi) is 8.52. The fraction of sp³-hybridized carbons (Fsp3) is 0.200. The van der Waals surface area contributed by atoms with Crippen LogP contribution in [0.5, 0.6) is 0 Å². The van der Waals surface area contributed by atoms with Crippen LogP contribution in [0.4, 0.5) is 14.5 Å². The van der Waals surface area contributed by atoms with Crippen LogP contribution in [-0.2, 0) is 17.8 Å². The van der Waals surface area contributed by atoms with Gasteiger partial charge >= 0.3 is 0 Å². The highest BCUT2D eigenvalue weighted by molar-refractivity contribution is 6.31. The molecule has 0 aliphatic heterocycles. The first-order chi connectivity index (χ1) is 15.9. The molecular formula is C25H24ClF2N3O2. The van der Waals surface area contributed by atoms with Crippen molar-refractivity contribution in [2.24, 2.45) is 5.73 Å². The van der Waals surface area contributed by atoms with Crippen molar-refractivity contribution in [3.8, 4) is 0 Å². The van der Waals surface area contributed by atoms with Gasteiger partial charge in [-0.25, -0.2) is 8.78 Å². The average Bonchev–Trinajstić information content (AvgIpc) is 2.78. The molecule has 0 unspecified atom stereocenters. The predicted molar refractivity (Wildman–Crippen MR) is 125 cm³/mol. The van der Waals surface area contributed by atoms with Gasteiger partial charge in [-0.2, -0.15) is 0 Å². The van der Waals surface area contributed by atoms with Crippen molar-refractivity contribution in [1.29, 1.82) is 0 Å². The maximum absolute atomic E-state index is 13.6. The lowest BCUT2D eigenvalue weighted by atomic mass is 10.1. The molecule has 0 saturated heterocycles. The SMILES string of the molecule is NCCCN(Cc1cc(NC(=O)Cc2ccccc2)ccc1Cl)C(=O)c1cc(F)cc(F)c1. The van der Waals surface area contributed by atoms with Crippen molar-refractivity contribution < 1.29 is 18.4 Å². The molecule has 0 spiro atoms. The molecule has 3 rings (SSSR count). The highest BCUT2D eigenvalue weighted by Crippen LogP contribution is 2.24. The van der Waals surface area contributed by atoms with Crippen LogP contribution in [0.2, 0.25) is 5.02 Å². The summed E-state index contributed by atoms with van der Waals surface area (Å²) in [7, 11) is 0. The van der Waals surface area contributed by atoms with Gasteiger partial charge in [0.25, 0.3) is 5.91 Å². The van der Waals surface area contributed by atoms with E-state index in [2.05, 4.69) is 5.32 Å². The minimum absolute atomic E-state index is 0.0815. The number of hydrogen-bond acceptors (Lipinski definition) is 3. The summed E-state index contributed by atoms with van der Waals surface area (Å²) in [5.74, 6) is -2.41. The smallest absolute Gasteiger partial charge is 0.254 e. The molecule has 0 atom stereocenters. The van der Waals surface area contributed by atoms with Gasteiger partial charge in [-0.15, -0.1) is 0 Å². The number of halogens is 3. The molecule has 0 heterocycles. The Hall–Kier alpha value is -3.29. The van der Waals surface area contributed by atoms with Gasteiger partial charge in [0.15, 0.2) is 0 Å². The predicted octanol–water partition coefficient (Wildman–Crippen LogP) is 4.79. The fourth-order valence-electron chi connectivity index (χ4n) is 3.36. The van der Waals surface area contributed by atoms with Crippen LogP contribution >= 0.6 is 11.6 Å². The summed E-state index contributed by atoms with van der Waals surface area (Å²) in [4.78, 5) is 26.8. The normalized spacial score (nSPS) is 10.7. The third kappa shape index (κ3) is 7.10. The van der Waals surface area contributed by atoms with Crippen molar-refractivity contribution >= 4 is 29.1 Å². The van der Waals surface area contributed by atoms with Gasteiger partial charge in [-0.05, 0) is 54.4 Å². The monoisotopic (exact) mass is 471 g/mol. The molecule has 3 aromatic carbocycles. The summed E-state index contributed by atoms with van der Waals surface area (Å²) in [5, 5.41) is 3.23. The van der Waals surface area contributed by atoms with E-state index in [4.69, 9.17) is 17.3 Å². The van der Waals surface area contributed by atoms with Crippen molar-refractivity contribution in [1.82, 2.24) is 4.90 Å². The first kappa shape index (κ1) is 24.4. The summed E-state index contributed by atoms with van der Waals surface area (Å²) in [6.45, 7) is 0.692. The average molecular weight is 472 g/mol. The Morgan fingerprint density at radius 2 is 1.67 bits per heavy atom. The van der Waals surface area contributed by atoms with Crippen LogP contribution in [0, 0.1) is 11.6 Å². The zero-order chi connectivity index (χ0) is 23.8. The van der Waals surface area contributed by atoms with E-state index in [1.165, 1.54) is 4.90 Å². The highest BCUT2D eigenvalue weighted by Gasteiger charge is 2.19. The number of amides is 2. The van der Waals surface area contributed by atoms with E-state index in [1.807, 2.05) is 30.3 Å².